The van der Waals surface area contributed by atoms with Gasteiger partial charge < -0.3 is 19.5 Å². The van der Waals surface area contributed by atoms with Crippen LogP contribution >= 0.6 is 11.3 Å². The number of para-hydroxylation sites is 1. The summed E-state index contributed by atoms with van der Waals surface area (Å²) in [4.78, 5) is 30.7. The van der Waals surface area contributed by atoms with Gasteiger partial charge in [0.05, 0.1) is 13.0 Å². The molecule has 1 atom stereocenters. The lowest BCUT2D eigenvalue weighted by molar-refractivity contribution is -0.127. The zero-order chi connectivity index (χ0) is 25.6. The van der Waals surface area contributed by atoms with Gasteiger partial charge in [-0.25, -0.2) is 0 Å². The first-order valence-electron chi connectivity index (χ1n) is 12.9. The predicted molar refractivity (Wildman–Crippen MR) is 143 cm³/mol. The van der Waals surface area contributed by atoms with E-state index in [0.29, 0.717) is 35.1 Å². The first kappa shape index (κ1) is 25.1. The molecule has 1 aromatic heterocycles. The van der Waals surface area contributed by atoms with Gasteiger partial charge in [-0.05, 0) is 49.4 Å². The molecular weight excluding hydrogens is 488 g/mol. The minimum Gasteiger partial charge on any atom is -0.493 e. The van der Waals surface area contributed by atoms with E-state index in [1.165, 1.54) is 17.8 Å². The fraction of sp³-hybridized carbons (Fsp3) is 0.379. The summed E-state index contributed by atoms with van der Waals surface area (Å²) < 4.78 is 17.1. The Balaban J connectivity index is 1.59. The Morgan fingerprint density at radius 3 is 2.65 bits per heavy atom. The van der Waals surface area contributed by atoms with Crippen LogP contribution in [0.25, 0.3) is 0 Å². The SMILES string of the molecule is CCOc1ccccc1[C@H](C(=O)NC1CCCCC1)N(C(=O)Cc1cccs1)c1ccc2c(c1)OCO2. The number of benzene rings is 2. The number of ether oxygens (including phenoxy) is 3. The highest BCUT2D eigenvalue weighted by molar-refractivity contribution is 7.10. The van der Waals surface area contributed by atoms with Gasteiger partial charge in [0.25, 0.3) is 0 Å². The van der Waals surface area contributed by atoms with Crippen LogP contribution in [0.2, 0.25) is 0 Å². The molecule has 8 heteroatoms. The van der Waals surface area contributed by atoms with Crippen molar-refractivity contribution in [3.63, 3.8) is 0 Å². The van der Waals surface area contributed by atoms with E-state index in [2.05, 4.69) is 5.32 Å². The van der Waals surface area contributed by atoms with Gasteiger partial charge in [0.2, 0.25) is 18.6 Å². The second-order valence-corrected chi connectivity index (χ2v) is 10.3. The number of nitrogens with one attached hydrogen (secondary N) is 1. The Hall–Kier alpha value is -3.52. The third kappa shape index (κ3) is 5.74. The molecule has 0 spiro atoms. The Morgan fingerprint density at radius 2 is 1.86 bits per heavy atom. The molecule has 3 aromatic rings. The van der Waals surface area contributed by atoms with Crippen LogP contribution in [-0.4, -0.2) is 31.3 Å². The minimum absolute atomic E-state index is 0.0917. The van der Waals surface area contributed by atoms with Crippen LogP contribution in [-0.2, 0) is 16.0 Å². The molecule has 194 valence electrons. The van der Waals surface area contributed by atoms with Gasteiger partial charge in [0.1, 0.15) is 11.8 Å². The molecule has 2 amide bonds. The number of anilines is 1. The molecule has 2 aromatic carbocycles. The van der Waals surface area contributed by atoms with Crippen LogP contribution in [0.4, 0.5) is 5.69 Å². The number of nitrogens with zero attached hydrogens (tertiary/aromatic N) is 1. The van der Waals surface area contributed by atoms with Crippen molar-refractivity contribution in [2.24, 2.45) is 0 Å². The fourth-order valence-electron chi connectivity index (χ4n) is 5.04. The van der Waals surface area contributed by atoms with Crippen LogP contribution < -0.4 is 24.4 Å². The normalized spacial score (nSPS) is 15.7. The van der Waals surface area contributed by atoms with Crippen molar-refractivity contribution in [3.8, 4) is 17.2 Å². The molecule has 7 nitrogen and oxygen atoms in total. The monoisotopic (exact) mass is 520 g/mol. The van der Waals surface area contributed by atoms with E-state index in [9.17, 15) is 9.59 Å². The Bertz CT molecular complexity index is 1220. The van der Waals surface area contributed by atoms with Crippen LogP contribution in [0.1, 0.15) is 55.5 Å². The summed E-state index contributed by atoms with van der Waals surface area (Å²) >= 11 is 1.52. The first-order chi connectivity index (χ1) is 18.1. The number of thiophene rings is 1. The van der Waals surface area contributed by atoms with Gasteiger partial charge >= 0.3 is 0 Å². The van der Waals surface area contributed by atoms with E-state index in [1.807, 2.05) is 54.8 Å². The number of hydrogen-bond acceptors (Lipinski definition) is 6. The summed E-state index contributed by atoms with van der Waals surface area (Å²) in [6.07, 6.45) is 5.43. The van der Waals surface area contributed by atoms with E-state index in [4.69, 9.17) is 14.2 Å². The maximum Gasteiger partial charge on any atom is 0.248 e. The van der Waals surface area contributed by atoms with Gasteiger partial charge in [0, 0.05) is 28.2 Å². The van der Waals surface area contributed by atoms with Crippen LogP contribution in [0.15, 0.2) is 60.0 Å². The maximum absolute atomic E-state index is 14.1. The molecule has 0 unspecified atom stereocenters. The van der Waals surface area contributed by atoms with Crippen molar-refractivity contribution in [2.75, 3.05) is 18.3 Å². The Morgan fingerprint density at radius 1 is 1.05 bits per heavy atom. The molecule has 0 saturated heterocycles. The number of amides is 2. The van der Waals surface area contributed by atoms with Crippen molar-refractivity contribution in [3.05, 3.63) is 70.4 Å². The van der Waals surface area contributed by atoms with Crippen LogP contribution in [0.3, 0.4) is 0 Å². The van der Waals surface area contributed by atoms with Gasteiger partial charge in [-0.3, -0.25) is 14.5 Å². The molecule has 0 bridgehead atoms. The van der Waals surface area contributed by atoms with E-state index < -0.39 is 6.04 Å². The summed E-state index contributed by atoms with van der Waals surface area (Å²) in [5.41, 5.74) is 1.22. The highest BCUT2D eigenvalue weighted by atomic mass is 32.1. The average molecular weight is 521 g/mol. The maximum atomic E-state index is 14.1. The van der Waals surface area contributed by atoms with E-state index in [0.717, 1.165) is 30.6 Å². The molecule has 1 fully saturated rings. The van der Waals surface area contributed by atoms with Crippen molar-refractivity contribution < 1.29 is 23.8 Å². The van der Waals surface area contributed by atoms with E-state index in [1.54, 1.807) is 17.0 Å². The van der Waals surface area contributed by atoms with Gasteiger partial charge in [-0.2, -0.15) is 0 Å². The fourth-order valence-corrected chi connectivity index (χ4v) is 5.73. The van der Waals surface area contributed by atoms with E-state index in [-0.39, 0.29) is 31.1 Å². The quantitative estimate of drug-likeness (QED) is 0.395. The largest absolute Gasteiger partial charge is 0.493 e. The van der Waals surface area contributed by atoms with Crippen molar-refractivity contribution in [1.82, 2.24) is 5.32 Å². The van der Waals surface area contributed by atoms with Crippen molar-refractivity contribution in [2.45, 2.75) is 57.5 Å². The third-order valence-electron chi connectivity index (χ3n) is 6.78. The summed E-state index contributed by atoms with van der Waals surface area (Å²) in [6, 6.07) is 15.9. The zero-order valence-corrected chi connectivity index (χ0v) is 21.8. The number of fused-ring (bicyclic) bond motifs is 1. The molecular formula is C29H32N2O5S. The highest BCUT2D eigenvalue weighted by Gasteiger charge is 2.36. The summed E-state index contributed by atoms with van der Waals surface area (Å²) in [6.45, 7) is 2.48. The van der Waals surface area contributed by atoms with Crippen LogP contribution in [0, 0.1) is 0 Å². The Kier molecular flexibility index (Phi) is 7.94. The molecule has 5 rings (SSSR count). The molecule has 37 heavy (non-hydrogen) atoms. The zero-order valence-electron chi connectivity index (χ0n) is 21.0. The second-order valence-electron chi connectivity index (χ2n) is 9.27. The van der Waals surface area contributed by atoms with Gasteiger partial charge in [-0.1, -0.05) is 43.5 Å². The molecule has 0 radical (unpaired) electrons. The predicted octanol–water partition coefficient (Wildman–Crippen LogP) is 5.64. The number of rotatable bonds is 9. The molecule has 1 aliphatic carbocycles. The lowest BCUT2D eigenvalue weighted by Crippen LogP contribution is -2.47. The molecule has 1 N–H and O–H groups in total. The number of hydrogen-bond donors (Lipinski definition) is 1. The highest BCUT2D eigenvalue weighted by Crippen LogP contribution is 2.40. The minimum atomic E-state index is -0.919. The summed E-state index contributed by atoms with van der Waals surface area (Å²) in [5.74, 6) is 1.36. The van der Waals surface area contributed by atoms with E-state index >= 15 is 0 Å². The van der Waals surface area contributed by atoms with Crippen molar-refractivity contribution in [1.29, 1.82) is 0 Å². The second kappa shape index (κ2) is 11.7. The number of carbonyl (C=O) groups is 2. The standard InChI is InChI=1S/C29H32N2O5S/c1-2-34-24-13-7-6-12-23(24)28(29(33)30-20-9-4-3-5-10-20)31(27(32)18-22-11-8-16-37-22)21-14-15-25-26(17-21)36-19-35-25/h6-8,11-17,20,28H,2-5,9-10,18-19H2,1H3,(H,30,33)/t28-/m1/s1. The Labute approximate surface area is 221 Å². The van der Waals surface area contributed by atoms with Gasteiger partial charge in [0.15, 0.2) is 11.5 Å². The smallest absolute Gasteiger partial charge is 0.248 e. The number of carbonyl (C=O) groups excluding carboxylic acids is 2. The molecule has 1 aliphatic heterocycles. The summed E-state index contributed by atoms with van der Waals surface area (Å²) in [5, 5.41) is 5.21. The van der Waals surface area contributed by atoms with Gasteiger partial charge in [-0.15, -0.1) is 11.3 Å². The molecule has 2 heterocycles. The van der Waals surface area contributed by atoms with Crippen molar-refractivity contribution >= 4 is 28.8 Å². The molecule has 2 aliphatic rings. The molecule has 1 saturated carbocycles. The lowest BCUT2D eigenvalue weighted by atomic mass is 9.94. The average Bonchev–Trinajstić information content (AvgIpc) is 3.60. The first-order valence-corrected chi connectivity index (χ1v) is 13.8. The third-order valence-corrected chi connectivity index (χ3v) is 7.66. The lowest BCUT2D eigenvalue weighted by Gasteiger charge is -2.34. The topological polar surface area (TPSA) is 77.1 Å². The summed E-state index contributed by atoms with van der Waals surface area (Å²) in [7, 11) is 0. The van der Waals surface area contributed by atoms with Crippen LogP contribution in [0.5, 0.6) is 17.2 Å².